The molecule has 0 aromatic rings. The average molecular weight is 357 g/mol. The van der Waals surface area contributed by atoms with Gasteiger partial charge in [0.25, 0.3) is 0 Å². The van der Waals surface area contributed by atoms with Gasteiger partial charge in [-0.15, -0.1) is 0 Å². The van der Waals surface area contributed by atoms with Gasteiger partial charge in [-0.1, -0.05) is 27.7 Å². The summed E-state index contributed by atoms with van der Waals surface area (Å²) in [6.07, 6.45) is 1.38. The standard InChI is InChI=1S/C13H27N.3CH3.In/c1-9-10(2)12(4)13(11(9)3)7-8-14(5)6;;;;/h9-13H,7-8H2,1-6H3;3*1H3;. The van der Waals surface area contributed by atoms with Gasteiger partial charge in [0.05, 0.1) is 0 Å². The Balaban J connectivity index is 0.000000631. The van der Waals surface area contributed by atoms with Crippen LogP contribution in [0.25, 0.3) is 0 Å². The van der Waals surface area contributed by atoms with Gasteiger partial charge >= 0.3 is 35.5 Å². The molecule has 0 spiro atoms. The summed E-state index contributed by atoms with van der Waals surface area (Å²) in [6.45, 7) is 11.0. The Kier molecular flexibility index (Phi) is 9.30. The first kappa shape index (κ1) is 18.8. The molecule has 1 aliphatic carbocycles. The normalized spacial score (nSPS) is 35.3. The molecule has 0 aromatic heterocycles. The Morgan fingerprint density at radius 3 is 1.39 bits per heavy atom. The van der Waals surface area contributed by atoms with Crippen LogP contribution < -0.4 is 0 Å². The van der Waals surface area contributed by atoms with Crippen molar-refractivity contribution in [3.05, 3.63) is 0 Å². The fraction of sp³-hybridized carbons (Fsp3) is 1.00. The van der Waals surface area contributed by atoms with E-state index < -0.39 is 21.4 Å². The SMILES string of the molecule is CC1C(C)C(C)C(CCN(C)C)C1C.[CH3][In]([CH3])[CH3]. The van der Waals surface area contributed by atoms with E-state index in [1.54, 1.807) is 0 Å². The maximum atomic E-state index is 2.45. The van der Waals surface area contributed by atoms with Crippen LogP contribution in [-0.2, 0) is 0 Å². The molecule has 18 heavy (non-hydrogen) atoms. The van der Waals surface area contributed by atoms with E-state index in [4.69, 9.17) is 0 Å². The number of nitrogens with zero attached hydrogens (tertiary/aromatic N) is 1. The molecule has 1 rings (SSSR count). The molecule has 0 N–H and O–H groups in total. The zero-order valence-electron chi connectivity index (χ0n) is 14.3. The number of rotatable bonds is 3. The third-order valence-electron chi connectivity index (χ3n) is 4.75. The van der Waals surface area contributed by atoms with Gasteiger partial charge in [-0.3, -0.25) is 0 Å². The van der Waals surface area contributed by atoms with Crippen molar-refractivity contribution < 1.29 is 0 Å². The second kappa shape index (κ2) is 8.89. The molecule has 4 atom stereocenters. The van der Waals surface area contributed by atoms with E-state index in [-0.39, 0.29) is 0 Å². The molecular weight excluding hydrogens is 321 g/mol. The Morgan fingerprint density at radius 2 is 1.11 bits per heavy atom. The van der Waals surface area contributed by atoms with Crippen molar-refractivity contribution in [3.63, 3.8) is 0 Å². The first-order valence-corrected chi connectivity index (χ1v) is 17.7. The average Bonchev–Trinajstić information content (AvgIpc) is 2.41. The monoisotopic (exact) mass is 357 g/mol. The van der Waals surface area contributed by atoms with Crippen LogP contribution in [0.4, 0.5) is 0 Å². The summed E-state index contributed by atoms with van der Waals surface area (Å²) < 4.78 is 7.13. The first-order valence-electron chi connectivity index (χ1n) is 7.83. The van der Waals surface area contributed by atoms with Gasteiger partial charge in [0.2, 0.25) is 0 Å². The molecule has 0 heterocycles. The fourth-order valence-corrected chi connectivity index (χ4v) is 3.15. The van der Waals surface area contributed by atoms with E-state index in [1.165, 1.54) is 13.0 Å². The second-order valence-electron chi connectivity index (χ2n) is 7.42. The maximum absolute atomic E-state index is 2.45. The van der Waals surface area contributed by atoms with Crippen molar-refractivity contribution in [1.82, 2.24) is 4.90 Å². The molecule has 0 aromatic carbocycles. The molecule has 1 nitrogen and oxygen atoms in total. The van der Waals surface area contributed by atoms with Gasteiger partial charge < -0.3 is 4.90 Å². The quantitative estimate of drug-likeness (QED) is 0.720. The molecule has 0 saturated heterocycles. The van der Waals surface area contributed by atoms with Crippen molar-refractivity contribution >= 4 is 21.4 Å². The van der Waals surface area contributed by atoms with Crippen molar-refractivity contribution in [2.45, 2.75) is 48.2 Å². The molecule has 0 aliphatic heterocycles. The zero-order valence-corrected chi connectivity index (χ0v) is 17.6. The molecule has 0 radical (unpaired) electrons. The molecule has 0 bridgehead atoms. The molecule has 1 fully saturated rings. The predicted molar refractivity (Wildman–Crippen MR) is 86.7 cm³/mol. The predicted octanol–water partition coefficient (Wildman–Crippen LogP) is 4.48. The first-order chi connectivity index (χ1) is 8.18. The molecule has 1 saturated carbocycles. The van der Waals surface area contributed by atoms with Crippen LogP contribution in [-0.4, -0.2) is 47.0 Å². The van der Waals surface area contributed by atoms with Gasteiger partial charge in [0.1, 0.15) is 0 Å². The van der Waals surface area contributed by atoms with E-state index >= 15 is 0 Å². The van der Waals surface area contributed by atoms with Crippen LogP contribution in [0.3, 0.4) is 0 Å². The van der Waals surface area contributed by atoms with E-state index in [2.05, 4.69) is 60.7 Å². The summed E-state index contributed by atoms with van der Waals surface area (Å²) in [6, 6.07) is 0. The van der Waals surface area contributed by atoms with E-state index in [9.17, 15) is 0 Å². The Morgan fingerprint density at radius 1 is 0.778 bits per heavy atom. The molecule has 4 unspecified atom stereocenters. The molecular formula is C16H36InN. The minimum absolute atomic E-state index is 0.637. The van der Waals surface area contributed by atoms with Gasteiger partial charge in [-0.05, 0) is 56.7 Å². The van der Waals surface area contributed by atoms with Gasteiger partial charge in [-0.25, -0.2) is 0 Å². The number of hydrogen-bond donors (Lipinski definition) is 0. The van der Waals surface area contributed by atoms with Crippen LogP contribution in [0.2, 0.25) is 14.0 Å². The molecule has 108 valence electrons. The van der Waals surface area contributed by atoms with E-state index in [1.807, 2.05) is 0 Å². The summed E-state index contributed by atoms with van der Waals surface area (Å²) in [5.74, 6) is 4.61. The summed E-state index contributed by atoms with van der Waals surface area (Å²) in [7, 11) is 4.36. The topological polar surface area (TPSA) is 3.24 Å². The van der Waals surface area contributed by atoms with Crippen molar-refractivity contribution in [2.24, 2.45) is 29.6 Å². The zero-order chi connectivity index (χ0) is 14.5. The third-order valence-corrected chi connectivity index (χ3v) is 4.75. The van der Waals surface area contributed by atoms with Crippen molar-refractivity contribution in [3.8, 4) is 0 Å². The van der Waals surface area contributed by atoms with Crippen LogP contribution in [0.15, 0.2) is 0 Å². The molecule has 2 heteroatoms. The van der Waals surface area contributed by atoms with E-state index in [0.717, 1.165) is 29.6 Å². The third kappa shape index (κ3) is 6.32. The molecule has 0 amide bonds. The Hall–Kier alpha value is 0.830. The fourth-order valence-electron chi connectivity index (χ4n) is 3.15. The minimum atomic E-state index is -0.637. The summed E-state index contributed by atoms with van der Waals surface area (Å²) in [5.41, 5.74) is 0. The van der Waals surface area contributed by atoms with Gasteiger partial charge in [-0.2, -0.15) is 0 Å². The summed E-state index contributed by atoms with van der Waals surface area (Å²) >= 11 is -0.637. The second-order valence-corrected chi connectivity index (χ2v) is 17.3. The van der Waals surface area contributed by atoms with Crippen LogP contribution in [0, 0.1) is 29.6 Å². The number of hydrogen-bond acceptors (Lipinski definition) is 1. The van der Waals surface area contributed by atoms with Gasteiger partial charge in [0.15, 0.2) is 0 Å². The van der Waals surface area contributed by atoms with Gasteiger partial charge in [0, 0.05) is 0 Å². The Bertz CT molecular complexity index is 198. The van der Waals surface area contributed by atoms with Crippen LogP contribution in [0.5, 0.6) is 0 Å². The Labute approximate surface area is 124 Å². The summed E-state index contributed by atoms with van der Waals surface area (Å²) in [4.78, 5) is 2.31. The van der Waals surface area contributed by atoms with E-state index in [0.29, 0.717) is 0 Å². The summed E-state index contributed by atoms with van der Waals surface area (Å²) in [5, 5.41) is 0. The van der Waals surface area contributed by atoms with Crippen molar-refractivity contribution in [2.75, 3.05) is 20.6 Å². The van der Waals surface area contributed by atoms with Crippen LogP contribution in [0.1, 0.15) is 34.1 Å². The molecule has 1 aliphatic rings. The van der Waals surface area contributed by atoms with Crippen molar-refractivity contribution in [1.29, 1.82) is 0 Å². The van der Waals surface area contributed by atoms with Crippen LogP contribution >= 0.6 is 0 Å².